The van der Waals surface area contributed by atoms with Crippen molar-refractivity contribution >= 4 is 0 Å². The average molecular weight is 157 g/mol. The lowest BCUT2D eigenvalue weighted by Crippen LogP contribution is -2.73. The quantitative estimate of drug-likeness (QED) is 0.561. The number of hydrogen-bond acceptors (Lipinski definition) is 1. The Balaban J connectivity index is 1.93. The van der Waals surface area contributed by atoms with Crippen molar-refractivity contribution in [2.24, 2.45) is 5.92 Å². The Kier molecular flexibility index (Phi) is 1.35. The van der Waals surface area contributed by atoms with E-state index < -0.39 is 5.67 Å². The Morgan fingerprint density at radius 3 is 2.45 bits per heavy atom. The zero-order valence-electron chi connectivity index (χ0n) is 7.47. The molecule has 2 aliphatic rings. The standard InChI is InChI=1S/C9H16FN/c1-6(2)11-5-7-8(11)4-9(7,3)10/h6-8H,4-5H2,1-3H3. The summed E-state index contributed by atoms with van der Waals surface area (Å²) in [5.74, 6) is 0.352. The second-order valence-electron chi connectivity index (χ2n) is 4.45. The van der Waals surface area contributed by atoms with Gasteiger partial charge in [0.2, 0.25) is 0 Å². The van der Waals surface area contributed by atoms with E-state index in [-0.39, 0.29) is 0 Å². The van der Waals surface area contributed by atoms with E-state index in [2.05, 4.69) is 18.7 Å². The molecule has 1 nitrogen and oxygen atoms in total. The molecule has 64 valence electrons. The van der Waals surface area contributed by atoms with E-state index in [0.717, 1.165) is 13.0 Å². The molecule has 2 fully saturated rings. The first-order valence-electron chi connectivity index (χ1n) is 4.47. The summed E-state index contributed by atoms with van der Waals surface area (Å²) in [5, 5.41) is 0. The molecule has 0 radical (unpaired) electrons. The summed E-state index contributed by atoms with van der Waals surface area (Å²) >= 11 is 0. The van der Waals surface area contributed by atoms with Crippen LogP contribution < -0.4 is 0 Å². The molecule has 1 saturated carbocycles. The highest BCUT2D eigenvalue weighted by atomic mass is 19.1. The highest BCUT2D eigenvalue weighted by molar-refractivity contribution is 5.13. The van der Waals surface area contributed by atoms with Crippen molar-refractivity contribution in [1.29, 1.82) is 0 Å². The summed E-state index contributed by atoms with van der Waals surface area (Å²) in [5.41, 5.74) is -0.837. The second-order valence-corrected chi connectivity index (χ2v) is 4.45. The first-order chi connectivity index (χ1) is 5.02. The third-order valence-electron chi connectivity index (χ3n) is 3.34. The maximum absolute atomic E-state index is 13.3. The van der Waals surface area contributed by atoms with Crippen LogP contribution in [0.15, 0.2) is 0 Å². The summed E-state index contributed by atoms with van der Waals surface area (Å²) in [4.78, 5) is 2.39. The highest BCUT2D eigenvalue weighted by Gasteiger charge is 2.60. The number of rotatable bonds is 1. The molecule has 11 heavy (non-hydrogen) atoms. The molecule has 0 aromatic carbocycles. The number of nitrogens with zero attached hydrogens (tertiary/aromatic N) is 1. The van der Waals surface area contributed by atoms with Gasteiger partial charge in [-0.25, -0.2) is 4.39 Å². The normalized spacial score (nSPS) is 49.9. The Morgan fingerprint density at radius 1 is 1.55 bits per heavy atom. The van der Waals surface area contributed by atoms with Gasteiger partial charge in [0.05, 0.1) is 0 Å². The van der Waals surface area contributed by atoms with Crippen LogP contribution >= 0.6 is 0 Å². The van der Waals surface area contributed by atoms with Gasteiger partial charge in [0.1, 0.15) is 5.67 Å². The molecule has 1 saturated heterocycles. The minimum atomic E-state index is -0.837. The minimum Gasteiger partial charge on any atom is -0.297 e. The Hall–Kier alpha value is -0.110. The zero-order chi connectivity index (χ0) is 8.22. The third kappa shape index (κ3) is 0.851. The van der Waals surface area contributed by atoms with E-state index in [0.29, 0.717) is 18.0 Å². The van der Waals surface area contributed by atoms with Gasteiger partial charge in [-0.3, -0.25) is 4.90 Å². The van der Waals surface area contributed by atoms with Crippen molar-refractivity contribution < 1.29 is 4.39 Å². The number of likely N-dealkylation sites (tertiary alicyclic amines) is 1. The third-order valence-corrected chi connectivity index (χ3v) is 3.34. The van der Waals surface area contributed by atoms with Crippen LogP contribution in [0.5, 0.6) is 0 Å². The summed E-state index contributed by atoms with van der Waals surface area (Å²) in [7, 11) is 0. The van der Waals surface area contributed by atoms with Gasteiger partial charge >= 0.3 is 0 Å². The molecule has 1 aliphatic carbocycles. The monoisotopic (exact) mass is 157 g/mol. The topological polar surface area (TPSA) is 3.24 Å². The largest absolute Gasteiger partial charge is 0.297 e. The molecule has 2 heteroatoms. The van der Waals surface area contributed by atoms with Crippen molar-refractivity contribution in [2.75, 3.05) is 6.54 Å². The number of alkyl halides is 1. The molecule has 1 heterocycles. The fraction of sp³-hybridized carbons (Fsp3) is 1.00. The number of piperidine rings is 1. The predicted octanol–water partition coefficient (Wildman–Crippen LogP) is 1.83. The lowest BCUT2D eigenvalue weighted by molar-refractivity contribution is -0.183. The molecule has 1 aliphatic heterocycles. The molecule has 0 spiro atoms. The van der Waals surface area contributed by atoms with Crippen LogP contribution in [0.4, 0.5) is 4.39 Å². The van der Waals surface area contributed by atoms with Gasteiger partial charge in [-0.1, -0.05) is 0 Å². The van der Waals surface area contributed by atoms with E-state index >= 15 is 0 Å². The average Bonchev–Trinajstić information content (AvgIpc) is 1.80. The van der Waals surface area contributed by atoms with Crippen LogP contribution in [0.1, 0.15) is 27.2 Å². The van der Waals surface area contributed by atoms with Crippen molar-refractivity contribution in [3.8, 4) is 0 Å². The smallest absolute Gasteiger partial charge is 0.115 e. The molecule has 0 N–H and O–H groups in total. The lowest BCUT2D eigenvalue weighted by atomic mass is 9.61. The van der Waals surface area contributed by atoms with E-state index in [1.807, 2.05) is 0 Å². The van der Waals surface area contributed by atoms with Gasteiger partial charge in [-0.15, -0.1) is 0 Å². The number of hydrogen-bond donors (Lipinski definition) is 0. The molecule has 0 aromatic heterocycles. The van der Waals surface area contributed by atoms with Crippen molar-refractivity contribution in [3.05, 3.63) is 0 Å². The van der Waals surface area contributed by atoms with Gasteiger partial charge in [0, 0.05) is 24.5 Å². The first-order valence-corrected chi connectivity index (χ1v) is 4.47. The first kappa shape index (κ1) is 7.53. The van der Waals surface area contributed by atoms with Crippen molar-refractivity contribution in [1.82, 2.24) is 4.90 Å². The number of halogens is 1. The molecule has 0 bridgehead atoms. The number of fused-ring (bicyclic) bond motifs is 1. The van der Waals surface area contributed by atoms with E-state index in [1.165, 1.54) is 0 Å². The Bertz CT molecular complexity index is 172. The predicted molar refractivity (Wildman–Crippen MR) is 43.3 cm³/mol. The summed E-state index contributed by atoms with van der Waals surface area (Å²) in [6, 6.07) is 1.18. The summed E-state index contributed by atoms with van der Waals surface area (Å²) in [6.45, 7) is 7.09. The molecule has 3 atom stereocenters. The van der Waals surface area contributed by atoms with Gasteiger partial charge in [-0.2, -0.15) is 0 Å². The van der Waals surface area contributed by atoms with E-state index in [4.69, 9.17) is 0 Å². The Labute approximate surface area is 67.6 Å². The minimum absolute atomic E-state index is 0.352. The van der Waals surface area contributed by atoms with Crippen LogP contribution in [0.25, 0.3) is 0 Å². The molecular formula is C9H16FN. The van der Waals surface area contributed by atoms with Crippen LogP contribution in [0.2, 0.25) is 0 Å². The van der Waals surface area contributed by atoms with E-state index in [1.54, 1.807) is 6.92 Å². The van der Waals surface area contributed by atoms with Gasteiger partial charge in [0.15, 0.2) is 0 Å². The van der Waals surface area contributed by atoms with Gasteiger partial charge < -0.3 is 0 Å². The van der Waals surface area contributed by atoms with Crippen molar-refractivity contribution in [2.45, 2.75) is 44.9 Å². The second kappa shape index (κ2) is 1.98. The van der Waals surface area contributed by atoms with Crippen molar-refractivity contribution in [3.63, 3.8) is 0 Å². The lowest BCUT2D eigenvalue weighted by Gasteiger charge is -2.63. The summed E-state index contributed by atoms with van der Waals surface area (Å²) in [6.07, 6.45) is 0.760. The molecule has 3 unspecified atom stereocenters. The van der Waals surface area contributed by atoms with E-state index in [9.17, 15) is 4.39 Å². The van der Waals surface area contributed by atoms with Crippen LogP contribution in [-0.4, -0.2) is 29.2 Å². The zero-order valence-corrected chi connectivity index (χ0v) is 7.47. The highest BCUT2D eigenvalue weighted by Crippen LogP contribution is 2.52. The molecule has 2 rings (SSSR count). The molecule has 0 amide bonds. The van der Waals surface area contributed by atoms with Gasteiger partial charge in [0.25, 0.3) is 0 Å². The fourth-order valence-electron chi connectivity index (χ4n) is 2.42. The van der Waals surface area contributed by atoms with Crippen LogP contribution in [-0.2, 0) is 0 Å². The Morgan fingerprint density at radius 2 is 2.18 bits per heavy atom. The van der Waals surface area contributed by atoms with Crippen LogP contribution in [0, 0.1) is 5.92 Å². The van der Waals surface area contributed by atoms with Crippen LogP contribution in [0.3, 0.4) is 0 Å². The van der Waals surface area contributed by atoms with Gasteiger partial charge in [-0.05, 0) is 27.2 Å². The maximum Gasteiger partial charge on any atom is 0.115 e. The maximum atomic E-state index is 13.3. The summed E-state index contributed by atoms with van der Waals surface area (Å²) < 4.78 is 13.3. The molecule has 0 aromatic rings. The SMILES string of the molecule is CC(C)N1CC2C1CC2(C)F. The fourth-order valence-corrected chi connectivity index (χ4v) is 2.42. The molecular weight excluding hydrogens is 141 g/mol.